The first-order valence-electron chi connectivity index (χ1n) is 9.68. The van der Waals surface area contributed by atoms with E-state index in [-0.39, 0.29) is 24.0 Å². The largest absolute Gasteiger partial charge is 0.363 e. The highest BCUT2D eigenvalue weighted by Crippen LogP contribution is 2.25. The van der Waals surface area contributed by atoms with E-state index in [9.17, 15) is 0 Å². The minimum atomic E-state index is 0. The lowest BCUT2D eigenvalue weighted by molar-refractivity contribution is 0.463. The first-order valence-corrected chi connectivity index (χ1v) is 10.6. The van der Waals surface area contributed by atoms with Crippen molar-refractivity contribution in [3.05, 3.63) is 52.4 Å². The zero-order valence-electron chi connectivity index (χ0n) is 15.9. The summed E-state index contributed by atoms with van der Waals surface area (Å²) in [5.41, 5.74) is 4.42. The van der Waals surface area contributed by atoms with Crippen LogP contribution < -0.4 is 15.5 Å². The molecule has 0 atom stereocenters. The molecule has 4 nitrogen and oxygen atoms in total. The van der Waals surface area contributed by atoms with E-state index in [1.165, 1.54) is 41.0 Å². The summed E-state index contributed by atoms with van der Waals surface area (Å²) in [6, 6.07) is 11.8. The molecular weight excluding hydrogens is 467 g/mol. The molecule has 0 spiro atoms. The SMILES string of the molecule is CN=C(NCc1ccc2c(c1)CCC2)NC1CCN(c2cccs2)CC1.I. The third-order valence-electron chi connectivity index (χ3n) is 5.50. The Bertz CT molecular complexity index is 752. The monoisotopic (exact) mass is 496 g/mol. The topological polar surface area (TPSA) is 39.7 Å². The molecule has 27 heavy (non-hydrogen) atoms. The second-order valence-electron chi connectivity index (χ2n) is 7.24. The van der Waals surface area contributed by atoms with Gasteiger partial charge in [-0.2, -0.15) is 0 Å². The van der Waals surface area contributed by atoms with E-state index in [4.69, 9.17) is 0 Å². The van der Waals surface area contributed by atoms with Gasteiger partial charge in [-0.25, -0.2) is 0 Å². The smallest absolute Gasteiger partial charge is 0.191 e. The summed E-state index contributed by atoms with van der Waals surface area (Å²) < 4.78 is 0. The van der Waals surface area contributed by atoms with Gasteiger partial charge in [0.15, 0.2) is 5.96 Å². The lowest BCUT2D eigenvalue weighted by Crippen LogP contribution is -2.48. The molecule has 2 aliphatic rings. The number of nitrogens with one attached hydrogen (secondary N) is 2. The Morgan fingerprint density at radius 2 is 2.00 bits per heavy atom. The third-order valence-corrected chi connectivity index (χ3v) is 6.43. The van der Waals surface area contributed by atoms with Crippen LogP contribution in [0.2, 0.25) is 0 Å². The van der Waals surface area contributed by atoms with Gasteiger partial charge in [-0.15, -0.1) is 35.3 Å². The molecule has 1 aromatic heterocycles. The van der Waals surface area contributed by atoms with Gasteiger partial charge >= 0.3 is 0 Å². The fourth-order valence-corrected chi connectivity index (χ4v) is 4.79. The number of benzene rings is 1. The first kappa shape index (κ1) is 20.5. The maximum Gasteiger partial charge on any atom is 0.191 e. The van der Waals surface area contributed by atoms with Gasteiger partial charge in [-0.1, -0.05) is 18.2 Å². The van der Waals surface area contributed by atoms with E-state index in [1.54, 1.807) is 0 Å². The number of hydrogen-bond donors (Lipinski definition) is 2. The second kappa shape index (κ2) is 9.78. The molecule has 2 aromatic rings. The Labute approximate surface area is 183 Å². The molecule has 0 radical (unpaired) electrons. The molecule has 1 aromatic carbocycles. The van der Waals surface area contributed by atoms with Crippen molar-refractivity contribution in [2.75, 3.05) is 25.0 Å². The van der Waals surface area contributed by atoms with E-state index >= 15 is 0 Å². The number of nitrogens with zero attached hydrogens (tertiary/aromatic N) is 2. The van der Waals surface area contributed by atoms with E-state index in [0.717, 1.165) is 38.4 Å². The van der Waals surface area contributed by atoms with Crippen LogP contribution in [0.25, 0.3) is 0 Å². The number of halogens is 1. The van der Waals surface area contributed by atoms with Crippen LogP contribution in [0.15, 0.2) is 40.7 Å². The van der Waals surface area contributed by atoms with Crippen molar-refractivity contribution in [2.45, 2.75) is 44.7 Å². The van der Waals surface area contributed by atoms with Crippen molar-refractivity contribution in [1.82, 2.24) is 10.6 Å². The quantitative estimate of drug-likeness (QED) is 0.379. The van der Waals surface area contributed by atoms with Crippen molar-refractivity contribution < 1.29 is 0 Å². The van der Waals surface area contributed by atoms with E-state index in [0.29, 0.717) is 6.04 Å². The predicted octanol–water partition coefficient (Wildman–Crippen LogP) is 4.19. The van der Waals surface area contributed by atoms with Crippen molar-refractivity contribution in [3.8, 4) is 0 Å². The van der Waals surface area contributed by atoms with Crippen LogP contribution in [0.4, 0.5) is 5.00 Å². The molecule has 0 unspecified atom stereocenters. The number of piperidine rings is 1. The Kier molecular flexibility index (Phi) is 7.41. The number of hydrogen-bond acceptors (Lipinski definition) is 3. The Morgan fingerprint density at radius 1 is 1.19 bits per heavy atom. The number of guanidine groups is 1. The molecule has 1 fully saturated rings. The average Bonchev–Trinajstić information content (AvgIpc) is 3.37. The summed E-state index contributed by atoms with van der Waals surface area (Å²) in [5.74, 6) is 0.917. The highest BCUT2D eigenvalue weighted by molar-refractivity contribution is 14.0. The molecule has 0 amide bonds. The van der Waals surface area contributed by atoms with Crippen LogP contribution in [-0.4, -0.2) is 32.1 Å². The Balaban J connectivity index is 0.00000210. The summed E-state index contributed by atoms with van der Waals surface area (Å²) in [5, 5.41) is 10.6. The minimum Gasteiger partial charge on any atom is -0.363 e. The van der Waals surface area contributed by atoms with Crippen LogP contribution in [0.3, 0.4) is 0 Å². The standard InChI is InChI=1S/C21H28N4S.HI/c1-22-21(23-15-16-7-8-17-4-2-5-18(17)14-16)24-19-9-11-25(12-10-19)20-6-3-13-26-20;/h3,6-8,13-14,19H,2,4-5,9-12,15H2,1H3,(H2,22,23,24);1H. The predicted molar refractivity (Wildman–Crippen MR) is 127 cm³/mol. The van der Waals surface area contributed by atoms with Gasteiger partial charge in [-0.05, 0) is 66.3 Å². The summed E-state index contributed by atoms with van der Waals surface area (Å²) in [4.78, 5) is 6.91. The maximum atomic E-state index is 4.42. The summed E-state index contributed by atoms with van der Waals surface area (Å²) in [6.45, 7) is 3.06. The van der Waals surface area contributed by atoms with Crippen molar-refractivity contribution >= 4 is 46.3 Å². The van der Waals surface area contributed by atoms with Gasteiger partial charge < -0.3 is 15.5 Å². The molecule has 6 heteroatoms. The van der Waals surface area contributed by atoms with E-state index in [1.807, 2.05) is 18.4 Å². The van der Waals surface area contributed by atoms with Gasteiger partial charge in [0.1, 0.15) is 0 Å². The van der Waals surface area contributed by atoms with E-state index in [2.05, 4.69) is 56.2 Å². The average molecular weight is 496 g/mol. The Morgan fingerprint density at radius 3 is 2.74 bits per heavy atom. The molecule has 0 bridgehead atoms. The number of rotatable bonds is 4. The van der Waals surface area contributed by atoms with Gasteiger partial charge in [0.25, 0.3) is 0 Å². The van der Waals surface area contributed by atoms with Gasteiger partial charge in [0.2, 0.25) is 0 Å². The molecular formula is C21H29IN4S. The van der Waals surface area contributed by atoms with Crippen molar-refractivity contribution in [3.63, 3.8) is 0 Å². The molecule has 4 rings (SSSR count). The Hall–Kier alpha value is -1.28. The lowest BCUT2D eigenvalue weighted by atomic mass is 10.1. The molecule has 1 aliphatic heterocycles. The van der Waals surface area contributed by atoms with Crippen molar-refractivity contribution in [1.29, 1.82) is 0 Å². The van der Waals surface area contributed by atoms with Gasteiger partial charge in [0.05, 0.1) is 5.00 Å². The zero-order chi connectivity index (χ0) is 17.8. The number of thiophene rings is 1. The zero-order valence-corrected chi connectivity index (χ0v) is 19.1. The normalized spacial score (nSPS) is 17.4. The van der Waals surface area contributed by atoms with Crippen LogP contribution in [0.1, 0.15) is 36.0 Å². The van der Waals surface area contributed by atoms with Crippen molar-refractivity contribution in [2.24, 2.45) is 4.99 Å². The fraction of sp³-hybridized carbons (Fsp3) is 0.476. The molecule has 146 valence electrons. The molecule has 2 heterocycles. The molecule has 2 N–H and O–H groups in total. The highest BCUT2D eigenvalue weighted by atomic mass is 127. The fourth-order valence-electron chi connectivity index (χ4n) is 4.00. The number of aryl methyl sites for hydroxylation is 2. The third kappa shape index (κ3) is 5.16. The van der Waals surface area contributed by atoms with Crippen LogP contribution in [0.5, 0.6) is 0 Å². The van der Waals surface area contributed by atoms with Gasteiger partial charge in [-0.3, -0.25) is 4.99 Å². The second-order valence-corrected chi connectivity index (χ2v) is 8.17. The van der Waals surface area contributed by atoms with Crippen LogP contribution in [0, 0.1) is 0 Å². The minimum absolute atomic E-state index is 0. The molecule has 1 aliphatic carbocycles. The summed E-state index contributed by atoms with van der Waals surface area (Å²) >= 11 is 1.83. The maximum absolute atomic E-state index is 4.42. The van der Waals surface area contributed by atoms with Gasteiger partial charge in [0, 0.05) is 32.7 Å². The number of anilines is 1. The first-order chi connectivity index (χ1) is 12.8. The lowest BCUT2D eigenvalue weighted by Gasteiger charge is -2.33. The number of fused-ring (bicyclic) bond motifs is 1. The molecule has 0 saturated carbocycles. The molecule has 1 saturated heterocycles. The van der Waals surface area contributed by atoms with Crippen LogP contribution in [-0.2, 0) is 19.4 Å². The number of aliphatic imine (C=N–C) groups is 1. The summed E-state index contributed by atoms with van der Waals surface area (Å²) in [6.07, 6.45) is 6.09. The van der Waals surface area contributed by atoms with Crippen LogP contribution >= 0.6 is 35.3 Å². The van der Waals surface area contributed by atoms with E-state index < -0.39 is 0 Å². The highest BCUT2D eigenvalue weighted by Gasteiger charge is 2.20. The summed E-state index contributed by atoms with van der Waals surface area (Å²) in [7, 11) is 1.86.